The van der Waals surface area contributed by atoms with Crippen molar-refractivity contribution in [1.29, 1.82) is 0 Å². The molecule has 0 N–H and O–H groups in total. The number of pyridine rings is 1. The predicted octanol–water partition coefficient (Wildman–Crippen LogP) is 5.96. The topological polar surface area (TPSA) is 70.6 Å². The van der Waals surface area contributed by atoms with E-state index in [2.05, 4.69) is 4.98 Å². The summed E-state index contributed by atoms with van der Waals surface area (Å²) >= 11 is 0. The van der Waals surface area contributed by atoms with Crippen LogP contribution in [0.2, 0.25) is 0 Å². The number of hydrogen-bond acceptors (Lipinski definition) is 4. The maximum absolute atomic E-state index is 14.4. The van der Waals surface area contributed by atoms with E-state index >= 15 is 0 Å². The predicted molar refractivity (Wildman–Crippen MR) is 136 cm³/mol. The van der Waals surface area contributed by atoms with Crippen molar-refractivity contribution in [2.45, 2.75) is 61.9 Å². The first-order valence-corrected chi connectivity index (χ1v) is 14.5. The summed E-state index contributed by atoms with van der Waals surface area (Å²) in [7, 11) is -5.33. The molecular weight excluding hydrogens is 572 g/mol. The van der Waals surface area contributed by atoms with Crippen LogP contribution in [0.25, 0.3) is 0 Å². The van der Waals surface area contributed by atoms with Crippen LogP contribution in [-0.2, 0) is 21.4 Å². The molecule has 1 saturated carbocycles. The van der Waals surface area contributed by atoms with Gasteiger partial charge < -0.3 is 4.90 Å². The fourth-order valence-corrected chi connectivity index (χ4v) is 7.06. The van der Waals surface area contributed by atoms with Crippen LogP contribution in [-0.4, -0.2) is 36.2 Å². The Morgan fingerprint density at radius 3 is 2.10 bits per heavy atom. The zero-order chi connectivity index (χ0) is 29.5. The highest BCUT2D eigenvalue weighted by Crippen LogP contribution is 2.35. The Labute approximate surface area is 232 Å². The van der Waals surface area contributed by atoms with Gasteiger partial charge in [-0.2, -0.15) is 4.31 Å². The summed E-state index contributed by atoms with van der Waals surface area (Å²) in [5.41, 5.74) is 1.53. The van der Waals surface area contributed by atoms with Crippen molar-refractivity contribution in [2.24, 2.45) is 0 Å². The molecule has 5 rings (SSSR count). The monoisotopic (exact) mass is 597 g/mol. The average Bonchev–Trinajstić information content (AvgIpc) is 2.93. The zero-order valence-corrected chi connectivity index (χ0v) is 22.4. The Morgan fingerprint density at radius 1 is 0.878 bits per heavy atom. The SMILES string of the molecule is O=C([C@H]1CCN1S(=O)(=O)c1c(F)c(F)c(F)c(F)c1F)N(Cc1ccc(C2CCCCC2)cn1)c1cccc(F)c1. The number of sulfonamides is 1. The molecule has 1 aliphatic carbocycles. The number of nitrogens with zero attached hydrogens (tertiary/aromatic N) is 3. The van der Waals surface area contributed by atoms with Gasteiger partial charge in [-0.05, 0) is 55.0 Å². The molecular formula is C28H25F6N3O3S. The molecule has 1 atom stereocenters. The van der Waals surface area contributed by atoms with E-state index in [1.807, 2.05) is 6.07 Å². The largest absolute Gasteiger partial charge is 0.305 e. The molecule has 2 aromatic carbocycles. The number of rotatable bonds is 7. The summed E-state index contributed by atoms with van der Waals surface area (Å²) in [6, 6.07) is 7.03. The zero-order valence-electron chi connectivity index (χ0n) is 21.6. The van der Waals surface area contributed by atoms with Crippen molar-refractivity contribution in [2.75, 3.05) is 11.4 Å². The van der Waals surface area contributed by atoms with Crippen molar-refractivity contribution >= 4 is 21.6 Å². The summed E-state index contributed by atoms with van der Waals surface area (Å²) in [5, 5.41) is 0. The lowest BCUT2D eigenvalue weighted by molar-refractivity contribution is -0.125. The second-order valence-corrected chi connectivity index (χ2v) is 12.0. The number of anilines is 1. The molecule has 3 aromatic rings. The highest BCUT2D eigenvalue weighted by Gasteiger charge is 2.48. The van der Waals surface area contributed by atoms with E-state index in [-0.39, 0.29) is 18.7 Å². The molecule has 0 radical (unpaired) electrons. The lowest BCUT2D eigenvalue weighted by Gasteiger charge is -2.41. The fourth-order valence-electron chi connectivity index (χ4n) is 5.32. The summed E-state index contributed by atoms with van der Waals surface area (Å²) in [5.74, 6) is -13.6. The van der Waals surface area contributed by atoms with Crippen molar-refractivity contribution in [3.63, 3.8) is 0 Å². The van der Waals surface area contributed by atoms with Crippen LogP contribution < -0.4 is 4.90 Å². The van der Waals surface area contributed by atoms with Gasteiger partial charge in [-0.3, -0.25) is 9.78 Å². The lowest BCUT2D eigenvalue weighted by atomic mass is 9.85. The number of hydrogen-bond donors (Lipinski definition) is 0. The minimum atomic E-state index is -5.33. The highest BCUT2D eigenvalue weighted by atomic mass is 32.2. The van der Waals surface area contributed by atoms with Crippen LogP contribution >= 0.6 is 0 Å². The van der Waals surface area contributed by atoms with Crippen LogP contribution in [0.4, 0.5) is 32.0 Å². The molecule has 2 heterocycles. The number of amides is 1. The van der Waals surface area contributed by atoms with Crippen LogP contribution in [0, 0.1) is 34.9 Å². The Balaban J connectivity index is 1.45. The Kier molecular flexibility index (Phi) is 8.11. The Hall–Kier alpha value is -3.45. The van der Waals surface area contributed by atoms with Gasteiger partial charge in [0.05, 0.1) is 12.2 Å². The molecule has 0 unspecified atom stereocenters. The summed E-state index contributed by atoms with van der Waals surface area (Å²) in [6.45, 7) is -0.607. The number of aromatic nitrogens is 1. The van der Waals surface area contributed by atoms with Crippen LogP contribution in [0.15, 0.2) is 47.5 Å². The van der Waals surface area contributed by atoms with E-state index in [0.29, 0.717) is 15.9 Å². The van der Waals surface area contributed by atoms with Crippen LogP contribution in [0.5, 0.6) is 0 Å². The summed E-state index contributed by atoms with van der Waals surface area (Å²) in [6.07, 6.45) is 7.13. The number of carbonyl (C=O) groups excluding carboxylic acids is 1. The van der Waals surface area contributed by atoms with Gasteiger partial charge in [0.1, 0.15) is 11.9 Å². The van der Waals surface area contributed by atoms with Gasteiger partial charge in [-0.1, -0.05) is 31.4 Å². The first kappa shape index (κ1) is 29.1. The van der Waals surface area contributed by atoms with Gasteiger partial charge in [0.2, 0.25) is 21.7 Å². The van der Waals surface area contributed by atoms with Gasteiger partial charge in [0.15, 0.2) is 28.2 Å². The second-order valence-electron chi connectivity index (χ2n) is 10.1. The fraction of sp³-hybridized carbons (Fsp3) is 0.357. The smallest absolute Gasteiger partial charge is 0.249 e. The summed E-state index contributed by atoms with van der Waals surface area (Å²) in [4.78, 5) is 17.2. The van der Waals surface area contributed by atoms with Crippen molar-refractivity contribution in [3.05, 3.63) is 88.8 Å². The van der Waals surface area contributed by atoms with E-state index in [1.165, 1.54) is 18.6 Å². The standard InChI is InChI=1S/C28H25F6N3O3S/c29-18-7-4-8-20(13-18)36(15-19-10-9-17(14-35-19)16-5-2-1-3-6-16)28(38)21-11-12-37(21)41(39,40)27-25(33)23(31)22(30)24(32)26(27)34/h4,7-10,13-14,16,21H,1-3,5-6,11-12,15H2/t21-/m1/s1. The number of carbonyl (C=O) groups is 1. The van der Waals surface area contributed by atoms with Gasteiger partial charge >= 0.3 is 0 Å². The molecule has 218 valence electrons. The average molecular weight is 598 g/mol. The summed E-state index contributed by atoms with van der Waals surface area (Å²) < 4.78 is 111. The Bertz CT molecular complexity index is 1550. The van der Waals surface area contributed by atoms with Gasteiger partial charge in [0, 0.05) is 18.4 Å². The van der Waals surface area contributed by atoms with Gasteiger partial charge in [0.25, 0.3) is 0 Å². The quantitative estimate of drug-likeness (QED) is 0.192. The third kappa shape index (κ3) is 5.44. The molecule has 1 aliphatic heterocycles. The van der Waals surface area contributed by atoms with Crippen LogP contribution in [0.3, 0.4) is 0 Å². The van der Waals surface area contributed by atoms with E-state index in [4.69, 9.17) is 0 Å². The first-order chi connectivity index (χ1) is 19.5. The normalized spacial score (nSPS) is 18.2. The molecule has 2 fully saturated rings. The lowest BCUT2D eigenvalue weighted by Crippen LogP contribution is -2.59. The van der Waals surface area contributed by atoms with Gasteiger partial charge in [-0.25, -0.2) is 34.8 Å². The Morgan fingerprint density at radius 2 is 1.54 bits per heavy atom. The maximum atomic E-state index is 14.4. The van der Waals surface area contributed by atoms with Crippen molar-refractivity contribution in [3.8, 4) is 0 Å². The molecule has 0 bridgehead atoms. The maximum Gasteiger partial charge on any atom is 0.249 e. The molecule has 13 heteroatoms. The van der Waals surface area contributed by atoms with E-state index in [9.17, 15) is 39.6 Å². The van der Waals surface area contributed by atoms with Crippen molar-refractivity contribution in [1.82, 2.24) is 9.29 Å². The highest BCUT2D eigenvalue weighted by molar-refractivity contribution is 7.89. The molecule has 6 nitrogen and oxygen atoms in total. The first-order valence-electron chi connectivity index (χ1n) is 13.1. The van der Waals surface area contributed by atoms with E-state index < -0.39 is 68.3 Å². The van der Waals surface area contributed by atoms with Crippen molar-refractivity contribution < 1.29 is 39.6 Å². The van der Waals surface area contributed by atoms with E-state index in [1.54, 1.807) is 12.3 Å². The molecule has 2 aliphatic rings. The molecule has 1 amide bonds. The molecule has 1 saturated heterocycles. The van der Waals surface area contributed by atoms with E-state index in [0.717, 1.165) is 48.3 Å². The molecule has 41 heavy (non-hydrogen) atoms. The molecule has 0 spiro atoms. The third-order valence-electron chi connectivity index (χ3n) is 7.62. The number of halogens is 6. The third-order valence-corrected chi connectivity index (χ3v) is 9.55. The number of benzene rings is 2. The van der Waals surface area contributed by atoms with Crippen LogP contribution in [0.1, 0.15) is 55.7 Å². The minimum absolute atomic E-state index is 0.0636. The molecule has 1 aromatic heterocycles. The minimum Gasteiger partial charge on any atom is -0.305 e. The second kappa shape index (κ2) is 11.4. The van der Waals surface area contributed by atoms with Gasteiger partial charge in [-0.15, -0.1) is 0 Å².